The summed E-state index contributed by atoms with van der Waals surface area (Å²) in [6, 6.07) is 0. The highest BCUT2D eigenvalue weighted by atomic mass is 16.2. The fourth-order valence-electron chi connectivity index (χ4n) is 3.35. The summed E-state index contributed by atoms with van der Waals surface area (Å²) in [5, 5.41) is 7.72. The van der Waals surface area contributed by atoms with Gasteiger partial charge in [-0.1, -0.05) is 6.92 Å². The molecule has 1 N–H and O–H groups in total. The van der Waals surface area contributed by atoms with E-state index in [0.717, 1.165) is 43.7 Å². The Kier molecular flexibility index (Phi) is 5.27. The number of nitrogens with one attached hydrogen (secondary N) is 1. The molecule has 2 heterocycles. The van der Waals surface area contributed by atoms with E-state index in [-0.39, 0.29) is 11.4 Å². The number of likely N-dealkylation sites (tertiary alicyclic amines) is 1. The zero-order valence-electron chi connectivity index (χ0n) is 14.6. The van der Waals surface area contributed by atoms with Crippen LogP contribution in [-0.4, -0.2) is 47.3 Å². The number of nitrogens with zero attached hydrogens (tertiary/aromatic N) is 3. The Morgan fingerprint density at radius 1 is 1.45 bits per heavy atom. The largest absolute Gasteiger partial charge is 0.338 e. The van der Waals surface area contributed by atoms with Gasteiger partial charge in [0.25, 0.3) is 5.91 Å². The SMILES string of the molecule is CCc1c(C(=O)N2CCC[C@@H](CNC)C2)cnn1C(C)(C)C. The molecule has 1 aliphatic rings. The van der Waals surface area contributed by atoms with E-state index in [1.807, 2.05) is 16.6 Å². The van der Waals surface area contributed by atoms with Crippen LogP contribution in [-0.2, 0) is 12.0 Å². The summed E-state index contributed by atoms with van der Waals surface area (Å²) in [6.45, 7) is 11.2. The fourth-order valence-corrected chi connectivity index (χ4v) is 3.35. The van der Waals surface area contributed by atoms with Gasteiger partial charge in [-0.2, -0.15) is 5.10 Å². The first-order chi connectivity index (χ1) is 10.4. The Balaban J connectivity index is 2.21. The van der Waals surface area contributed by atoms with Gasteiger partial charge in [0.05, 0.1) is 23.0 Å². The number of hydrogen-bond acceptors (Lipinski definition) is 3. The number of piperidine rings is 1. The van der Waals surface area contributed by atoms with Crippen molar-refractivity contribution in [1.29, 1.82) is 0 Å². The molecule has 124 valence electrons. The van der Waals surface area contributed by atoms with Gasteiger partial charge < -0.3 is 10.2 Å². The molecular formula is C17H30N4O. The Labute approximate surface area is 134 Å². The van der Waals surface area contributed by atoms with Crippen LogP contribution in [0.4, 0.5) is 0 Å². The second-order valence-electron chi connectivity index (χ2n) is 7.26. The van der Waals surface area contributed by atoms with E-state index in [1.165, 1.54) is 6.42 Å². The molecule has 0 bridgehead atoms. The van der Waals surface area contributed by atoms with Crippen LogP contribution < -0.4 is 5.32 Å². The number of carbonyl (C=O) groups is 1. The Morgan fingerprint density at radius 3 is 2.77 bits per heavy atom. The molecule has 1 saturated heterocycles. The van der Waals surface area contributed by atoms with Gasteiger partial charge in [-0.25, -0.2) is 0 Å². The van der Waals surface area contributed by atoms with Crippen LogP contribution in [0.3, 0.4) is 0 Å². The highest BCUT2D eigenvalue weighted by molar-refractivity contribution is 5.95. The predicted octanol–water partition coefficient (Wildman–Crippen LogP) is 2.27. The molecule has 5 nitrogen and oxygen atoms in total. The molecule has 1 aromatic rings. The van der Waals surface area contributed by atoms with E-state index >= 15 is 0 Å². The molecule has 1 atom stereocenters. The van der Waals surface area contributed by atoms with Crippen molar-refractivity contribution >= 4 is 5.91 Å². The predicted molar refractivity (Wildman–Crippen MR) is 89.2 cm³/mol. The molecule has 0 radical (unpaired) electrons. The van der Waals surface area contributed by atoms with Crippen LogP contribution in [0.1, 0.15) is 56.6 Å². The topological polar surface area (TPSA) is 50.2 Å². The maximum atomic E-state index is 12.9. The maximum Gasteiger partial charge on any atom is 0.257 e. The van der Waals surface area contributed by atoms with Gasteiger partial charge in [0.2, 0.25) is 0 Å². The first kappa shape index (κ1) is 17.0. The van der Waals surface area contributed by atoms with Crippen LogP contribution in [0.25, 0.3) is 0 Å². The molecule has 0 spiro atoms. The molecule has 0 aliphatic carbocycles. The van der Waals surface area contributed by atoms with E-state index in [2.05, 4.69) is 38.1 Å². The van der Waals surface area contributed by atoms with Gasteiger partial charge in [0.15, 0.2) is 0 Å². The Morgan fingerprint density at radius 2 is 2.18 bits per heavy atom. The minimum atomic E-state index is -0.0968. The van der Waals surface area contributed by atoms with Crippen molar-refractivity contribution in [3.8, 4) is 0 Å². The molecule has 0 aromatic carbocycles. The van der Waals surface area contributed by atoms with E-state index in [1.54, 1.807) is 6.20 Å². The first-order valence-corrected chi connectivity index (χ1v) is 8.39. The highest BCUT2D eigenvalue weighted by Gasteiger charge is 2.28. The molecule has 1 amide bonds. The molecule has 0 unspecified atom stereocenters. The highest BCUT2D eigenvalue weighted by Crippen LogP contribution is 2.23. The molecule has 0 saturated carbocycles. The quantitative estimate of drug-likeness (QED) is 0.928. The summed E-state index contributed by atoms with van der Waals surface area (Å²) >= 11 is 0. The lowest BCUT2D eigenvalue weighted by Gasteiger charge is -2.33. The number of amides is 1. The van der Waals surface area contributed by atoms with Crippen molar-refractivity contribution in [2.24, 2.45) is 5.92 Å². The summed E-state index contributed by atoms with van der Waals surface area (Å²) in [7, 11) is 1.98. The lowest BCUT2D eigenvalue weighted by molar-refractivity contribution is 0.0673. The van der Waals surface area contributed by atoms with Gasteiger partial charge in [0.1, 0.15) is 0 Å². The fraction of sp³-hybridized carbons (Fsp3) is 0.765. The summed E-state index contributed by atoms with van der Waals surface area (Å²) < 4.78 is 2.00. The van der Waals surface area contributed by atoms with Gasteiger partial charge >= 0.3 is 0 Å². The lowest BCUT2D eigenvalue weighted by Crippen LogP contribution is -2.42. The van der Waals surface area contributed by atoms with Crippen LogP contribution in [0.2, 0.25) is 0 Å². The average Bonchev–Trinajstić information content (AvgIpc) is 2.91. The Hall–Kier alpha value is -1.36. The van der Waals surface area contributed by atoms with Crippen LogP contribution >= 0.6 is 0 Å². The number of hydrogen-bond donors (Lipinski definition) is 1. The van der Waals surface area contributed by atoms with Crippen LogP contribution in [0.5, 0.6) is 0 Å². The first-order valence-electron chi connectivity index (χ1n) is 8.39. The second kappa shape index (κ2) is 6.82. The minimum Gasteiger partial charge on any atom is -0.338 e. The summed E-state index contributed by atoms with van der Waals surface area (Å²) in [5.74, 6) is 0.707. The van der Waals surface area contributed by atoms with Crippen molar-refractivity contribution in [2.45, 2.75) is 52.5 Å². The van der Waals surface area contributed by atoms with Gasteiger partial charge in [-0.3, -0.25) is 9.48 Å². The average molecular weight is 306 g/mol. The van der Waals surface area contributed by atoms with Crippen molar-refractivity contribution in [2.75, 3.05) is 26.7 Å². The van der Waals surface area contributed by atoms with E-state index in [0.29, 0.717) is 5.92 Å². The number of aromatic nitrogens is 2. The van der Waals surface area contributed by atoms with Gasteiger partial charge in [-0.05, 0) is 59.5 Å². The molecule has 2 rings (SSSR count). The molecule has 22 heavy (non-hydrogen) atoms. The summed E-state index contributed by atoms with van der Waals surface area (Å²) in [6.07, 6.45) is 4.87. The lowest BCUT2D eigenvalue weighted by atomic mass is 9.97. The third kappa shape index (κ3) is 3.51. The smallest absolute Gasteiger partial charge is 0.257 e. The molecule has 5 heteroatoms. The molecule has 1 aliphatic heterocycles. The van der Waals surface area contributed by atoms with Crippen molar-refractivity contribution in [3.05, 3.63) is 17.5 Å². The van der Waals surface area contributed by atoms with Crippen molar-refractivity contribution < 1.29 is 4.79 Å². The van der Waals surface area contributed by atoms with Gasteiger partial charge in [-0.15, -0.1) is 0 Å². The molecule has 1 fully saturated rings. The van der Waals surface area contributed by atoms with Crippen molar-refractivity contribution in [3.63, 3.8) is 0 Å². The van der Waals surface area contributed by atoms with E-state index < -0.39 is 0 Å². The standard InChI is InChI=1S/C17H30N4O/c1-6-15-14(11-19-21(15)17(2,3)4)16(22)20-9-7-8-13(12-20)10-18-5/h11,13,18H,6-10,12H2,1-5H3/t13-/m0/s1. The Bertz CT molecular complexity index is 513. The summed E-state index contributed by atoms with van der Waals surface area (Å²) in [4.78, 5) is 14.9. The zero-order chi connectivity index (χ0) is 16.3. The second-order valence-corrected chi connectivity index (χ2v) is 7.26. The van der Waals surface area contributed by atoms with Crippen molar-refractivity contribution in [1.82, 2.24) is 20.0 Å². The maximum absolute atomic E-state index is 12.9. The number of carbonyl (C=O) groups excluding carboxylic acids is 1. The van der Waals surface area contributed by atoms with E-state index in [4.69, 9.17) is 0 Å². The third-order valence-corrected chi connectivity index (χ3v) is 4.37. The van der Waals surface area contributed by atoms with Gasteiger partial charge in [0, 0.05) is 13.1 Å². The van der Waals surface area contributed by atoms with Crippen LogP contribution in [0, 0.1) is 5.92 Å². The van der Waals surface area contributed by atoms with E-state index in [9.17, 15) is 4.79 Å². The molecular weight excluding hydrogens is 276 g/mol. The monoisotopic (exact) mass is 306 g/mol. The minimum absolute atomic E-state index is 0.0968. The van der Waals surface area contributed by atoms with Crippen LogP contribution in [0.15, 0.2) is 6.20 Å². The number of rotatable bonds is 4. The zero-order valence-corrected chi connectivity index (χ0v) is 14.6. The third-order valence-electron chi connectivity index (χ3n) is 4.37. The summed E-state index contributed by atoms with van der Waals surface area (Å²) in [5.41, 5.74) is 1.73. The normalized spacial score (nSPS) is 19.5. The molecule has 1 aromatic heterocycles.